The molecule has 2 nitrogen and oxygen atoms in total. The summed E-state index contributed by atoms with van der Waals surface area (Å²) in [5, 5.41) is 1.30. The summed E-state index contributed by atoms with van der Waals surface area (Å²) >= 11 is 18.0. The van der Waals surface area contributed by atoms with Crippen LogP contribution >= 0.6 is 34.8 Å². The molecule has 88 valence electrons. The standard InChI is InChI=1S/C12H8Cl3NO/c1-6-2-7(5-16-12(6)17)9-3-8(13)4-10(14)11(9)15/h2-5H,1H3,(H,16,17). The summed E-state index contributed by atoms with van der Waals surface area (Å²) < 4.78 is 0. The molecule has 5 heteroatoms. The minimum absolute atomic E-state index is 0.127. The first-order valence-electron chi connectivity index (χ1n) is 4.83. The van der Waals surface area contributed by atoms with Crippen LogP contribution in [0.25, 0.3) is 11.1 Å². The van der Waals surface area contributed by atoms with Gasteiger partial charge < -0.3 is 4.98 Å². The van der Waals surface area contributed by atoms with Gasteiger partial charge in [-0.3, -0.25) is 4.79 Å². The highest BCUT2D eigenvalue weighted by Gasteiger charge is 2.10. The summed E-state index contributed by atoms with van der Waals surface area (Å²) in [5.41, 5.74) is 1.95. The molecule has 0 saturated heterocycles. The minimum atomic E-state index is -0.127. The molecule has 1 aromatic carbocycles. The average molecular weight is 289 g/mol. The summed E-state index contributed by atoms with van der Waals surface area (Å²) in [4.78, 5) is 13.9. The van der Waals surface area contributed by atoms with Gasteiger partial charge in [0.05, 0.1) is 10.0 Å². The van der Waals surface area contributed by atoms with Crippen LogP contribution in [0, 0.1) is 6.92 Å². The fourth-order valence-corrected chi connectivity index (χ4v) is 2.23. The zero-order valence-corrected chi connectivity index (χ0v) is 11.1. The third-order valence-electron chi connectivity index (χ3n) is 2.39. The van der Waals surface area contributed by atoms with Gasteiger partial charge in [0.1, 0.15) is 0 Å². The van der Waals surface area contributed by atoms with Crippen molar-refractivity contribution in [3.8, 4) is 11.1 Å². The molecule has 0 spiro atoms. The fourth-order valence-electron chi connectivity index (χ4n) is 1.52. The Morgan fingerprint density at radius 3 is 2.47 bits per heavy atom. The van der Waals surface area contributed by atoms with E-state index < -0.39 is 0 Å². The van der Waals surface area contributed by atoms with Crippen molar-refractivity contribution in [2.75, 3.05) is 0 Å². The van der Waals surface area contributed by atoms with Crippen LogP contribution in [-0.2, 0) is 0 Å². The van der Waals surface area contributed by atoms with Gasteiger partial charge >= 0.3 is 0 Å². The van der Waals surface area contributed by atoms with E-state index in [1.165, 1.54) is 0 Å². The summed E-state index contributed by atoms with van der Waals surface area (Å²) in [6.45, 7) is 1.72. The predicted molar refractivity (Wildman–Crippen MR) is 72.3 cm³/mol. The molecule has 2 rings (SSSR count). The Kier molecular flexibility index (Phi) is 3.48. The first-order valence-corrected chi connectivity index (χ1v) is 5.96. The van der Waals surface area contributed by atoms with Crippen LogP contribution in [0.1, 0.15) is 5.56 Å². The summed E-state index contributed by atoms with van der Waals surface area (Å²) in [7, 11) is 0. The molecule has 0 aliphatic carbocycles. The Morgan fingerprint density at radius 2 is 1.82 bits per heavy atom. The maximum absolute atomic E-state index is 11.3. The molecule has 1 heterocycles. The topological polar surface area (TPSA) is 32.9 Å². The maximum Gasteiger partial charge on any atom is 0.250 e. The predicted octanol–water partition coefficient (Wildman–Crippen LogP) is 4.31. The third kappa shape index (κ3) is 2.49. The zero-order valence-electron chi connectivity index (χ0n) is 8.85. The van der Waals surface area contributed by atoms with Gasteiger partial charge in [-0.25, -0.2) is 0 Å². The SMILES string of the molecule is Cc1cc(-c2cc(Cl)cc(Cl)c2Cl)c[nH]c1=O. The number of aromatic amines is 1. The molecule has 0 aliphatic heterocycles. The van der Waals surface area contributed by atoms with Crippen LogP contribution in [0.3, 0.4) is 0 Å². The molecule has 2 aromatic rings. The number of nitrogens with one attached hydrogen (secondary N) is 1. The molecule has 0 atom stereocenters. The number of aromatic nitrogens is 1. The second-order valence-corrected chi connectivity index (χ2v) is 4.87. The summed E-state index contributed by atoms with van der Waals surface area (Å²) in [6, 6.07) is 5.03. The summed E-state index contributed by atoms with van der Waals surface area (Å²) in [5.74, 6) is 0. The molecule has 0 bridgehead atoms. The molecule has 0 aliphatic rings. The van der Waals surface area contributed by atoms with Gasteiger partial charge in [0.2, 0.25) is 0 Å². The number of hydrogen-bond acceptors (Lipinski definition) is 1. The Hall–Kier alpha value is -0.960. The smallest absolute Gasteiger partial charge is 0.250 e. The van der Waals surface area contributed by atoms with E-state index in [-0.39, 0.29) is 5.56 Å². The second kappa shape index (κ2) is 4.73. The fraction of sp³-hybridized carbons (Fsp3) is 0.0833. The lowest BCUT2D eigenvalue weighted by Gasteiger charge is -2.07. The van der Waals surface area contributed by atoms with Crippen molar-refractivity contribution >= 4 is 34.8 Å². The zero-order chi connectivity index (χ0) is 12.6. The van der Waals surface area contributed by atoms with E-state index in [1.807, 2.05) is 0 Å². The first-order chi connectivity index (χ1) is 7.99. The van der Waals surface area contributed by atoms with E-state index in [9.17, 15) is 4.79 Å². The van der Waals surface area contributed by atoms with E-state index in [1.54, 1.807) is 31.3 Å². The van der Waals surface area contributed by atoms with Gasteiger partial charge in [-0.15, -0.1) is 0 Å². The van der Waals surface area contributed by atoms with Crippen molar-refractivity contribution in [2.45, 2.75) is 6.92 Å². The van der Waals surface area contributed by atoms with Gasteiger partial charge in [0, 0.05) is 22.3 Å². The van der Waals surface area contributed by atoms with Crippen LogP contribution in [0.15, 0.2) is 29.2 Å². The Labute approximate surface area is 113 Å². The molecule has 0 fully saturated rings. The third-order valence-corrected chi connectivity index (χ3v) is 3.41. The number of H-pyrrole nitrogens is 1. The van der Waals surface area contributed by atoms with Crippen LogP contribution in [0.5, 0.6) is 0 Å². The van der Waals surface area contributed by atoms with Gasteiger partial charge in [-0.05, 0) is 30.7 Å². The Morgan fingerprint density at radius 1 is 1.12 bits per heavy atom. The number of halogens is 3. The van der Waals surface area contributed by atoms with E-state index in [0.29, 0.717) is 26.2 Å². The average Bonchev–Trinajstić information content (AvgIpc) is 2.27. The van der Waals surface area contributed by atoms with Crippen LogP contribution in [-0.4, -0.2) is 4.98 Å². The Balaban J connectivity index is 2.68. The van der Waals surface area contributed by atoms with E-state index in [0.717, 1.165) is 5.56 Å². The maximum atomic E-state index is 11.3. The summed E-state index contributed by atoms with van der Waals surface area (Å²) in [6.07, 6.45) is 1.59. The van der Waals surface area contributed by atoms with Gasteiger partial charge in [-0.1, -0.05) is 34.8 Å². The van der Waals surface area contributed by atoms with Crippen molar-refractivity contribution in [3.05, 3.63) is 55.4 Å². The number of pyridine rings is 1. The lowest BCUT2D eigenvalue weighted by molar-refractivity contribution is 1.18. The van der Waals surface area contributed by atoms with Crippen molar-refractivity contribution in [1.82, 2.24) is 4.98 Å². The largest absolute Gasteiger partial charge is 0.328 e. The number of hydrogen-bond donors (Lipinski definition) is 1. The molecule has 1 aromatic heterocycles. The number of benzene rings is 1. The number of rotatable bonds is 1. The highest BCUT2D eigenvalue weighted by atomic mass is 35.5. The quantitative estimate of drug-likeness (QED) is 0.779. The van der Waals surface area contributed by atoms with Crippen molar-refractivity contribution in [1.29, 1.82) is 0 Å². The van der Waals surface area contributed by atoms with Gasteiger partial charge in [0.25, 0.3) is 5.56 Å². The molecular formula is C12H8Cl3NO. The lowest BCUT2D eigenvalue weighted by atomic mass is 10.1. The van der Waals surface area contributed by atoms with Crippen LogP contribution in [0.2, 0.25) is 15.1 Å². The Bertz CT molecular complexity index is 634. The molecule has 1 N–H and O–H groups in total. The molecule has 0 amide bonds. The highest BCUT2D eigenvalue weighted by Crippen LogP contribution is 2.36. The first kappa shape index (κ1) is 12.5. The van der Waals surface area contributed by atoms with Crippen molar-refractivity contribution in [3.63, 3.8) is 0 Å². The molecule has 0 unspecified atom stereocenters. The van der Waals surface area contributed by atoms with Crippen LogP contribution in [0.4, 0.5) is 0 Å². The van der Waals surface area contributed by atoms with Crippen molar-refractivity contribution < 1.29 is 0 Å². The van der Waals surface area contributed by atoms with Gasteiger partial charge in [-0.2, -0.15) is 0 Å². The van der Waals surface area contributed by atoms with E-state index in [4.69, 9.17) is 34.8 Å². The molecule has 0 radical (unpaired) electrons. The molecule has 0 saturated carbocycles. The normalized spacial score (nSPS) is 10.6. The second-order valence-electron chi connectivity index (χ2n) is 3.65. The van der Waals surface area contributed by atoms with Crippen molar-refractivity contribution in [2.24, 2.45) is 0 Å². The van der Waals surface area contributed by atoms with E-state index >= 15 is 0 Å². The highest BCUT2D eigenvalue weighted by molar-refractivity contribution is 6.45. The molecular weight excluding hydrogens is 280 g/mol. The van der Waals surface area contributed by atoms with E-state index in [2.05, 4.69) is 4.98 Å². The molecule has 17 heavy (non-hydrogen) atoms. The number of aryl methyl sites for hydroxylation is 1. The van der Waals surface area contributed by atoms with Crippen LogP contribution < -0.4 is 5.56 Å². The van der Waals surface area contributed by atoms with Gasteiger partial charge in [0.15, 0.2) is 0 Å². The minimum Gasteiger partial charge on any atom is -0.328 e. The monoisotopic (exact) mass is 287 g/mol. The lowest BCUT2D eigenvalue weighted by Crippen LogP contribution is -2.07.